The van der Waals surface area contributed by atoms with E-state index in [2.05, 4.69) is 5.32 Å². The first-order valence-corrected chi connectivity index (χ1v) is 9.82. The molecule has 1 aromatic heterocycles. The van der Waals surface area contributed by atoms with E-state index in [0.717, 1.165) is 11.0 Å². The number of halogens is 1. The van der Waals surface area contributed by atoms with Crippen molar-refractivity contribution in [2.45, 2.75) is 6.42 Å². The molecule has 0 saturated heterocycles. The molecule has 0 bridgehead atoms. The SMILES string of the molecule is Cn1c2cc(CCO)c(O)cc2c2c3c(c(-c4ccccc4Cl)cc21)C(=O)NC3=O. The topological polar surface area (TPSA) is 91.6 Å². The minimum Gasteiger partial charge on any atom is -0.508 e. The fourth-order valence-corrected chi connectivity index (χ4v) is 4.57. The molecular weight excluding hydrogens is 404 g/mol. The van der Waals surface area contributed by atoms with Crippen molar-refractivity contribution in [1.82, 2.24) is 9.88 Å². The van der Waals surface area contributed by atoms with Gasteiger partial charge in [-0.3, -0.25) is 14.9 Å². The largest absolute Gasteiger partial charge is 0.508 e. The summed E-state index contributed by atoms with van der Waals surface area (Å²) >= 11 is 6.41. The van der Waals surface area contributed by atoms with Gasteiger partial charge in [-0.1, -0.05) is 29.8 Å². The third kappa shape index (κ3) is 2.47. The number of hydrogen-bond acceptors (Lipinski definition) is 4. The van der Waals surface area contributed by atoms with E-state index in [1.807, 2.05) is 29.8 Å². The standard InChI is InChI=1S/C23H17ClN2O4/c1-26-16-8-11(6-7-27)18(28)10-14(16)19-17(26)9-13(12-4-2-3-5-15(12)24)20-21(19)23(30)25-22(20)29/h2-5,8-10,27-28H,6-7H2,1H3,(H,25,29,30). The number of aromatic hydroxyl groups is 1. The van der Waals surface area contributed by atoms with Gasteiger partial charge >= 0.3 is 0 Å². The Morgan fingerprint density at radius 2 is 1.73 bits per heavy atom. The van der Waals surface area contributed by atoms with E-state index in [-0.39, 0.29) is 23.5 Å². The number of imide groups is 1. The van der Waals surface area contributed by atoms with Crippen LogP contribution in [0.25, 0.3) is 32.9 Å². The minimum atomic E-state index is -0.472. The molecule has 0 unspecified atom stereocenters. The summed E-state index contributed by atoms with van der Waals surface area (Å²) in [6, 6.07) is 12.4. The summed E-state index contributed by atoms with van der Waals surface area (Å²) < 4.78 is 1.92. The molecule has 0 fully saturated rings. The van der Waals surface area contributed by atoms with Gasteiger partial charge in [0.15, 0.2) is 0 Å². The van der Waals surface area contributed by atoms with E-state index in [0.29, 0.717) is 38.9 Å². The van der Waals surface area contributed by atoms with Crippen LogP contribution >= 0.6 is 11.6 Å². The zero-order chi connectivity index (χ0) is 21.2. The average molecular weight is 421 g/mol. The van der Waals surface area contributed by atoms with Crippen LogP contribution in [0.1, 0.15) is 26.3 Å². The predicted octanol–water partition coefficient (Wildman–Crippen LogP) is 3.78. The van der Waals surface area contributed by atoms with E-state index < -0.39 is 11.8 Å². The number of hydrogen-bond donors (Lipinski definition) is 3. The fourth-order valence-electron chi connectivity index (χ4n) is 4.34. The van der Waals surface area contributed by atoms with Crippen molar-refractivity contribution in [2.24, 2.45) is 7.05 Å². The Labute approximate surface area is 176 Å². The summed E-state index contributed by atoms with van der Waals surface area (Å²) in [5.74, 6) is -0.900. The van der Waals surface area contributed by atoms with Crippen molar-refractivity contribution in [2.75, 3.05) is 6.61 Å². The lowest BCUT2D eigenvalue weighted by Gasteiger charge is -2.10. The van der Waals surface area contributed by atoms with Gasteiger partial charge in [0.1, 0.15) is 5.75 Å². The maximum atomic E-state index is 12.8. The molecule has 0 atom stereocenters. The van der Waals surface area contributed by atoms with Crippen LogP contribution in [0.4, 0.5) is 0 Å². The third-order valence-corrected chi connectivity index (χ3v) is 6.05. The number of amides is 2. The normalized spacial score (nSPS) is 13.3. The van der Waals surface area contributed by atoms with Gasteiger partial charge < -0.3 is 14.8 Å². The van der Waals surface area contributed by atoms with Gasteiger partial charge in [-0.25, -0.2) is 0 Å². The van der Waals surface area contributed by atoms with Gasteiger partial charge in [0.2, 0.25) is 0 Å². The van der Waals surface area contributed by atoms with Gasteiger partial charge in [-0.05, 0) is 41.8 Å². The zero-order valence-electron chi connectivity index (χ0n) is 16.0. The molecule has 30 heavy (non-hydrogen) atoms. The average Bonchev–Trinajstić information content (AvgIpc) is 3.16. The summed E-state index contributed by atoms with van der Waals surface area (Å²) in [6.45, 7) is -0.0913. The molecule has 150 valence electrons. The van der Waals surface area contributed by atoms with Crippen LogP contribution in [0.5, 0.6) is 5.75 Å². The smallest absolute Gasteiger partial charge is 0.259 e. The number of nitrogens with zero attached hydrogens (tertiary/aromatic N) is 1. The first-order chi connectivity index (χ1) is 14.4. The van der Waals surface area contributed by atoms with Gasteiger partial charge in [0.05, 0.1) is 16.6 Å². The second-order valence-electron chi connectivity index (χ2n) is 7.36. The van der Waals surface area contributed by atoms with E-state index >= 15 is 0 Å². The monoisotopic (exact) mass is 420 g/mol. The maximum absolute atomic E-state index is 12.8. The van der Waals surface area contributed by atoms with Crippen molar-refractivity contribution in [3.05, 3.63) is 64.2 Å². The number of carbonyl (C=O) groups is 2. The number of fused-ring (bicyclic) bond motifs is 5. The van der Waals surface area contributed by atoms with Gasteiger partial charge in [0.25, 0.3) is 11.8 Å². The molecule has 2 heterocycles. The molecule has 2 amide bonds. The summed E-state index contributed by atoms with van der Waals surface area (Å²) in [5, 5.41) is 23.9. The molecule has 0 radical (unpaired) electrons. The van der Waals surface area contributed by atoms with E-state index in [9.17, 15) is 19.8 Å². The zero-order valence-corrected chi connectivity index (χ0v) is 16.7. The number of aromatic nitrogens is 1. The molecule has 6 nitrogen and oxygen atoms in total. The number of aliphatic hydroxyl groups is 1. The molecule has 3 N–H and O–H groups in total. The van der Waals surface area contributed by atoms with E-state index in [4.69, 9.17) is 11.6 Å². The lowest BCUT2D eigenvalue weighted by atomic mass is 9.92. The molecule has 1 aliphatic heterocycles. The highest BCUT2D eigenvalue weighted by atomic mass is 35.5. The highest BCUT2D eigenvalue weighted by Gasteiger charge is 2.34. The first-order valence-electron chi connectivity index (χ1n) is 9.44. The summed E-state index contributed by atoms with van der Waals surface area (Å²) in [4.78, 5) is 25.5. The Morgan fingerprint density at radius 1 is 1.00 bits per heavy atom. The van der Waals surface area contributed by atoms with Crippen LogP contribution in [-0.4, -0.2) is 33.2 Å². The quantitative estimate of drug-likeness (QED) is 0.440. The molecule has 1 aliphatic rings. The number of benzene rings is 3. The lowest BCUT2D eigenvalue weighted by molar-refractivity contribution is 0.0880. The van der Waals surface area contributed by atoms with Crippen LogP contribution in [-0.2, 0) is 13.5 Å². The fraction of sp³-hybridized carbons (Fsp3) is 0.130. The van der Waals surface area contributed by atoms with E-state index in [1.165, 1.54) is 0 Å². The molecule has 7 heteroatoms. The van der Waals surface area contributed by atoms with Crippen molar-refractivity contribution in [3.8, 4) is 16.9 Å². The van der Waals surface area contributed by atoms with Crippen LogP contribution < -0.4 is 5.32 Å². The van der Waals surface area contributed by atoms with Gasteiger partial charge in [-0.15, -0.1) is 0 Å². The molecule has 0 saturated carbocycles. The number of carbonyl (C=O) groups excluding carboxylic acids is 2. The number of rotatable bonds is 3. The first kappa shape index (κ1) is 18.7. The molecule has 5 rings (SSSR count). The number of phenolic OH excluding ortho intramolecular Hbond substituents is 1. The van der Waals surface area contributed by atoms with Crippen LogP contribution in [0.3, 0.4) is 0 Å². The predicted molar refractivity (Wildman–Crippen MR) is 115 cm³/mol. The Balaban J connectivity index is 1.97. The minimum absolute atomic E-state index is 0.0395. The summed E-state index contributed by atoms with van der Waals surface area (Å²) in [6.07, 6.45) is 0.311. The Morgan fingerprint density at radius 3 is 2.47 bits per heavy atom. The molecule has 0 aliphatic carbocycles. The van der Waals surface area contributed by atoms with Crippen LogP contribution in [0.15, 0.2) is 42.5 Å². The lowest BCUT2D eigenvalue weighted by Crippen LogP contribution is -2.20. The number of aliphatic hydroxyl groups excluding tert-OH is 1. The molecule has 0 spiro atoms. The highest BCUT2D eigenvalue weighted by Crippen LogP contribution is 2.42. The molecule has 3 aromatic carbocycles. The third-order valence-electron chi connectivity index (χ3n) is 5.72. The summed E-state index contributed by atoms with van der Waals surface area (Å²) in [7, 11) is 1.86. The van der Waals surface area contributed by atoms with Gasteiger partial charge in [-0.2, -0.15) is 0 Å². The van der Waals surface area contributed by atoms with Crippen LogP contribution in [0.2, 0.25) is 5.02 Å². The Kier molecular flexibility index (Phi) is 4.10. The molecular formula is C23H17ClN2O4. The molecule has 4 aromatic rings. The van der Waals surface area contributed by atoms with Crippen molar-refractivity contribution < 1.29 is 19.8 Å². The number of nitrogens with one attached hydrogen (secondary N) is 1. The second-order valence-corrected chi connectivity index (χ2v) is 7.77. The Hall–Kier alpha value is -3.35. The Bertz CT molecular complexity index is 1400. The summed E-state index contributed by atoms with van der Waals surface area (Å²) in [5.41, 5.74) is 3.95. The number of phenols is 1. The maximum Gasteiger partial charge on any atom is 0.259 e. The number of aryl methyl sites for hydroxylation is 1. The van der Waals surface area contributed by atoms with E-state index in [1.54, 1.807) is 24.3 Å². The highest BCUT2D eigenvalue weighted by molar-refractivity contribution is 6.36. The van der Waals surface area contributed by atoms with Crippen molar-refractivity contribution in [1.29, 1.82) is 0 Å². The van der Waals surface area contributed by atoms with Crippen LogP contribution in [0, 0.1) is 0 Å². The van der Waals surface area contributed by atoms with Crippen molar-refractivity contribution >= 4 is 45.2 Å². The van der Waals surface area contributed by atoms with Crippen molar-refractivity contribution in [3.63, 3.8) is 0 Å². The van der Waals surface area contributed by atoms with Gasteiger partial charge in [0, 0.05) is 40.5 Å². The second kappa shape index (κ2) is 6.58.